The quantitative estimate of drug-likeness (QED) is 0.779. The maximum atomic E-state index is 13.3. The number of nitrogens with one attached hydrogen (secondary N) is 1. The van der Waals surface area contributed by atoms with E-state index in [0.717, 1.165) is 0 Å². The Balaban J connectivity index is 1.45. The number of carbonyl (C=O) groups excluding carboxylic acids is 2. The molecule has 2 aromatic rings. The zero-order chi connectivity index (χ0) is 22.2. The average Bonchev–Trinajstić information content (AvgIpc) is 2.75. The van der Waals surface area contributed by atoms with E-state index in [-0.39, 0.29) is 23.3 Å². The summed E-state index contributed by atoms with van der Waals surface area (Å²) in [5.74, 6) is -0.426. The highest BCUT2D eigenvalue weighted by Crippen LogP contribution is 2.36. The first-order valence-corrected chi connectivity index (χ1v) is 11.7. The summed E-state index contributed by atoms with van der Waals surface area (Å²) in [6.07, 6.45) is 0. The maximum absolute atomic E-state index is 13.3. The smallest absolute Gasteiger partial charge is 0.250 e. The highest BCUT2D eigenvalue weighted by Gasteiger charge is 2.44. The lowest BCUT2D eigenvalue weighted by Gasteiger charge is -2.43. The summed E-state index contributed by atoms with van der Waals surface area (Å²) in [7, 11) is -3.54. The SMILES string of the molecule is CC1(C)C(=O)Nc2ccccc2N1C(=O)CN1CCN(S(=O)(=O)c2ccccc2)CC1. The van der Waals surface area contributed by atoms with Gasteiger partial charge in [0.1, 0.15) is 5.54 Å². The zero-order valence-electron chi connectivity index (χ0n) is 17.6. The van der Waals surface area contributed by atoms with E-state index in [2.05, 4.69) is 5.32 Å². The van der Waals surface area contributed by atoms with E-state index in [4.69, 9.17) is 0 Å². The first kappa shape index (κ1) is 21.5. The van der Waals surface area contributed by atoms with Crippen molar-refractivity contribution in [3.8, 4) is 0 Å². The first-order chi connectivity index (χ1) is 14.7. The van der Waals surface area contributed by atoms with Crippen LogP contribution in [0.25, 0.3) is 0 Å². The van der Waals surface area contributed by atoms with Crippen molar-refractivity contribution < 1.29 is 18.0 Å². The fourth-order valence-corrected chi connectivity index (χ4v) is 5.47. The third-order valence-corrected chi connectivity index (χ3v) is 7.74. The molecule has 2 aromatic carbocycles. The first-order valence-electron chi connectivity index (χ1n) is 10.2. The van der Waals surface area contributed by atoms with Crippen molar-refractivity contribution in [2.75, 3.05) is 42.9 Å². The van der Waals surface area contributed by atoms with E-state index < -0.39 is 15.6 Å². The van der Waals surface area contributed by atoms with Crippen LogP contribution < -0.4 is 10.2 Å². The van der Waals surface area contributed by atoms with Gasteiger partial charge < -0.3 is 5.32 Å². The Bertz CT molecular complexity index is 1090. The number of para-hydroxylation sites is 2. The number of nitrogens with zero attached hydrogens (tertiary/aromatic N) is 3. The van der Waals surface area contributed by atoms with Crippen LogP contribution >= 0.6 is 0 Å². The van der Waals surface area contributed by atoms with Crippen LogP contribution in [0.5, 0.6) is 0 Å². The van der Waals surface area contributed by atoms with Gasteiger partial charge in [-0.2, -0.15) is 4.31 Å². The Labute approximate surface area is 182 Å². The Morgan fingerprint density at radius 1 is 0.968 bits per heavy atom. The third-order valence-electron chi connectivity index (χ3n) is 5.83. The van der Waals surface area contributed by atoms with Gasteiger partial charge in [0.15, 0.2) is 0 Å². The standard InChI is InChI=1S/C22H26N4O4S/c1-22(2)21(28)23-18-10-6-7-11-19(18)26(22)20(27)16-24-12-14-25(15-13-24)31(29,30)17-8-4-3-5-9-17/h3-11H,12-16H2,1-2H3,(H,23,28). The molecule has 2 aliphatic heterocycles. The minimum absolute atomic E-state index is 0.115. The molecule has 31 heavy (non-hydrogen) atoms. The molecule has 0 bridgehead atoms. The Morgan fingerprint density at radius 2 is 1.58 bits per heavy atom. The predicted molar refractivity (Wildman–Crippen MR) is 118 cm³/mol. The molecule has 8 nitrogen and oxygen atoms in total. The van der Waals surface area contributed by atoms with Crippen LogP contribution in [0.4, 0.5) is 11.4 Å². The Morgan fingerprint density at radius 3 is 2.26 bits per heavy atom. The van der Waals surface area contributed by atoms with Gasteiger partial charge in [0.2, 0.25) is 21.8 Å². The van der Waals surface area contributed by atoms with E-state index in [0.29, 0.717) is 37.6 Å². The molecule has 2 amide bonds. The van der Waals surface area contributed by atoms with Crippen molar-refractivity contribution >= 4 is 33.2 Å². The molecule has 0 radical (unpaired) electrons. The summed E-state index contributed by atoms with van der Waals surface area (Å²) in [4.78, 5) is 29.6. The van der Waals surface area contributed by atoms with Gasteiger partial charge in [-0.3, -0.25) is 19.4 Å². The molecule has 2 heterocycles. The van der Waals surface area contributed by atoms with Crippen molar-refractivity contribution in [2.45, 2.75) is 24.3 Å². The van der Waals surface area contributed by atoms with E-state index in [9.17, 15) is 18.0 Å². The van der Waals surface area contributed by atoms with E-state index in [1.54, 1.807) is 55.1 Å². The van der Waals surface area contributed by atoms with Crippen molar-refractivity contribution in [3.63, 3.8) is 0 Å². The summed E-state index contributed by atoms with van der Waals surface area (Å²) in [5.41, 5.74) is 0.255. The highest BCUT2D eigenvalue weighted by atomic mass is 32.2. The number of piperazine rings is 1. The van der Waals surface area contributed by atoms with Gasteiger partial charge in [0.25, 0.3) is 0 Å². The molecule has 0 aliphatic carbocycles. The number of hydrogen-bond donors (Lipinski definition) is 1. The van der Waals surface area contributed by atoms with Crippen molar-refractivity contribution in [3.05, 3.63) is 54.6 Å². The van der Waals surface area contributed by atoms with E-state index in [1.165, 1.54) is 4.31 Å². The van der Waals surface area contributed by atoms with Crippen molar-refractivity contribution in [1.82, 2.24) is 9.21 Å². The normalized spacial score (nSPS) is 19.5. The number of hydrogen-bond acceptors (Lipinski definition) is 5. The Hall–Kier alpha value is -2.75. The minimum atomic E-state index is -3.54. The number of benzene rings is 2. The summed E-state index contributed by atoms with van der Waals surface area (Å²) in [5, 5.41) is 2.86. The van der Waals surface area contributed by atoms with Gasteiger partial charge in [-0.15, -0.1) is 0 Å². The topological polar surface area (TPSA) is 90.0 Å². The lowest BCUT2D eigenvalue weighted by Crippen LogP contribution is -2.61. The fraction of sp³-hybridized carbons (Fsp3) is 0.364. The number of fused-ring (bicyclic) bond motifs is 1. The average molecular weight is 443 g/mol. The summed E-state index contributed by atoms with van der Waals surface area (Å²) in [6, 6.07) is 15.6. The summed E-state index contributed by atoms with van der Waals surface area (Å²) in [6.45, 7) is 5.07. The minimum Gasteiger partial charge on any atom is -0.322 e. The summed E-state index contributed by atoms with van der Waals surface area (Å²) >= 11 is 0. The molecule has 1 saturated heterocycles. The fourth-order valence-electron chi connectivity index (χ4n) is 4.03. The van der Waals surface area contributed by atoms with Crippen LogP contribution in [0.3, 0.4) is 0 Å². The number of amides is 2. The van der Waals surface area contributed by atoms with Gasteiger partial charge in [-0.05, 0) is 38.1 Å². The van der Waals surface area contributed by atoms with Crippen LogP contribution in [0.1, 0.15) is 13.8 Å². The molecular weight excluding hydrogens is 416 g/mol. The number of carbonyl (C=O) groups is 2. The zero-order valence-corrected chi connectivity index (χ0v) is 18.4. The molecule has 0 aromatic heterocycles. The van der Waals surface area contributed by atoms with Gasteiger partial charge in [0, 0.05) is 26.2 Å². The second-order valence-corrected chi connectivity index (χ2v) is 10.2. The second kappa shape index (κ2) is 8.07. The molecule has 164 valence electrons. The van der Waals surface area contributed by atoms with Gasteiger partial charge >= 0.3 is 0 Å². The van der Waals surface area contributed by atoms with Crippen molar-refractivity contribution in [1.29, 1.82) is 0 Å². The van der Waals surface area contributed by atoms with Crippen LogP contribution in [0, 0.1) is 0 Å². The van der Waals surface area contributed by atoms with Crippen molar-refractivity contribution in [2.24, 2.45) is 0 Å². The van der Waals surface area contributed by atoms with Crippen LogP contribution in [0.2, 0.25) is 0 Å². The second-order valence-electron chi connectivity index (χ2n) is 8.25. The van der Waals surface area contributed by atoms with E-state index in [1.807, 2.05) is 23.1 Å². The molecule has 1 fully saturated rings. The predicted octanol–water partition coefficient (Wildman–Crippen LogP) is 1.76. The van der Waals surface area contributed by atoms with Crippen LogP contribution in [0.15, 0.2) is 59.5 Å². The molecule has 0 spiro atoms. The molecule has 2 aliphatic rings. The number of rotatable bonds is 4. The molecule has 0 atom stereocenters. The van der Waals surface area contributed by atoms with E-state index >= 15 is 0 Å². The molecule has 1 N–H and O–H groups in total. The molecule has 0 unspecified atom stereocenters. The number of sulfonamides is 1. The summed E-state index contributed by atoms with van der Waals surface area (Å²) < 4.78 is 27.1. The van der Waals surface area contributed by atoms with Gasteiger partial charge in [-0.25, -0.2) is 8.42 Å². The lowest BCUT2D eigenvalue weighted by molar-refractivity contribution is -0.127. The lowest BCUT2D eigenvalue weighted by atomic mass is 9.96. The van der Waals surface area contributed by atoms with Crippen LogP contribution in [-0.4, -0.2) is 67.7 Å². The van der Waals surface area contributed by atoms with Crippen LogP contribution in [-0.2, 0) is 19.6 Å². The molecule has 9 heteroatoms. The largest absolute Gasteiger partial charge is 0.322 e. The molecule has 4 rings (SSSR count). The number of anilines is 2. The molecule has 0 saturated carbocycles. The maximum Gasteiger partial charge on any atom is 0.250 e. The third kappa shape index (κ3) is 3.96. The van der Waals surface area contributed by atoms with Gasteiger partial charge in [0.05, 0.1) is 22.8 Å². The monoisotopic (exact) mass is 442 g/mol. The van der Waals surface area contributed by atoms with Gasteiger partial charge in [-0.1, -0.05) is 30.3 Å². The highest BCUT2D eigenvalue weighted by molar-refractivity contribution is 7.89. The molecular formula is C22H26N4O4S. The Kier molecular flexibility index (Phi) is 5.59.